The normalized spacial score (nSPS) is 19.7. The lowest BCUT2D eigenvalue weighted by atomic mass is 10.1. The quantitative estimate of drug-likeness (QED) is 0.460. The lowest BCUT2D eigenvalue weighted by Gasteiger charge is -2.31. The number of aliphatic hydroxyl groups is 1. The second kappa shape index (κ2) is 9.73. The van der Waals surface area contributed by atoms with Gasteiger partial charge in [0.1, 0.15) is 6.61 Å². The minimum Gasteiger partial charge on any atom is -0.493 e. The number of rotatable bonds is 8. The Bertz CT molecular complexity index is 944. The van der Waals surface area contributed by atoms with Crippen LogP contribution in [0.2, 0.25) is 0 Å². The van der Waals surface area contributed by atoms with Crippen molar-refractivity contribution in [2.45, 2.75) is 31.5 Å². The molecule has 10 heteroatoms. The Balaban J connectivity index is 2.05. The Morgan fingerprint density at radius 2 is 2.06 bits per heavy atom. The van der Waals surface area contributed by atoms with Crippen molar-refractivity contribution in [3.63, 3.8) is 0 Å². The van der Waals surface area contributed by atoms with Crippen LogP contribution in [0.5, 0.6) is 11.5 Å². The molecule has 0 aliphatic carbocycles. The van der Waals surface area contributed by atoms with Gasteiger partial charge in [-0.3, -0.25) is 9.59 Å². The summed E-state index contributed by atoms with van der Waals surface area (Å²) < 4.78 is 16.2. The van der Waals surface area contributed by atoms with Gasteiger partial charge in [-0.05, 0) is 18.9 Å². The number of nitrogens with zero attached hydrogens (tertiary/aromatic N) is 2. The fourth-order valence-corrected chi connectivity index (χ4v) is 3.79. The molecule has 0 bridgehead atoms. The first-order valence-electron chi connectivity index (χ1n) is 10.1. The molecule has 1 fully saturated rings. The maximum absolute atomic E-state index is 13.3. The summed E-state index contributed by atoms with van der Waals surface area (Å²) in [6.45, 7) is 7.68. The molecule has 2 heterocycles. The van der Waals surface area contributed by atoms with Crippen LogP contribution in [0.3, 0.4) is 0 Å². The smallest absolute Gasteiger partial charge is 0.416 e. The molecule has 2 aliphatic heterocycles. The number of methoxy groups -OCH3 is 1. The van der Waals surface area contributed by atoms with E-state index in [2.05, 4.69) is 13.2 Å². The van der Waals surface area contributed by atoms with E-state index in [1.807, 2.05) is 0 Å². The summed E-state index contributed by atoms with van der Waals surface area (Å²) in [5, 5.41) is 19.9. The molecule has 2 atom stereocenters. The van der Waals surface area contributed by atoms with E-state index in [-0.39, 0.29) is 55.4 Å². The number of aliphatic carboxylic acids is 1. The van der Waals surface area contributed by atoms with E-state index in [0.717, 1.165) is 10.5 Å². The van der Waals surface area contributed by atoms with Crippen molar-refractivity contribution in [3.8, 4) is 11.5 Å². The SMILES string of the molecule is C=CCOC(=O)N1c2cc(OCCCC(=O)O)c(OC)cc2C(=O)N2CC(=C)CC2C1O. The van der Waals surface area contributed by atoms with Gasteiger partial charge < -0.3 is 29.3 Å². The van der Waals surface area contributed by atoms with Crippen molar-refractivity contribution >= 4 is 23.7 Å². The van der Waals surface area contributed by atoms with Crippen molar-refractivity contribution in [2.24, 2.45) is 0 Å². The molecule has 0 aromatic heterocycles. The maximum Gasteiger partial charge on any atom is 0.416 e. The Labute approximate surface area is 185 Å². The molecule has 0 saturated carbocycles. The van der Waals surface area contributed by atoms with E-state index in [4.69, 9.17) is 19.3 Å². The van der Waals surface area contributed by atoms with E-state index < -0.39 is 30.2 Å². The van der Waals surface area contributed by atoms with Gasteiger partial charge in [0.25, 0.3) is 5.91 Å². The van der Waals surface area contributed by atoms with E-state index >= 15 is 0 Å². The molecule has 1 aromatic carbocycles. The highest BCUT2D eigenvalue weighted by Crippen LogP contribution is 2.41. The van der Waals surface area contributed by atoms with E-state index in [1.54, 1.807) is 0 Å². The first-order valence-corrected chi connectivity index (χ1v) is 10.1. The van der Waals surface area contributed by atoms with Gasteiger partial charge in [-0.25, -0.2) is 9.69 Å². The fraction of sp³-hybridized carbons (Fsp3) is 0.409. The predicted octanol–water partition coefficient (Wildman–Crippen LogP) is 2.17. The number of ether oxygens (including phenoxy) is 3. The fourth-order valence-electron chi connectivity index (χ4n) is 3.79. The summed E-state index contributed by atoms with van der Waals surface area (Å²) in [6, 6.07) is 2.17. The van der Waals surface area contributed by atoms with Crippen LogP contribution >= 0.6 is 0 Å². The third kappa shape index (κ3) is 4.54. The molecular weight excluding hydrogens is 420 g/mol. The molecule has 32 heavy (non-hydrogen) atoms. The van der Waals surface area contributed by atoms with Gasteiger partial charge in [0, 0.05) is 19.0 Å². The van der Waals surface area contributed by atoms with Gasteiger partial charge in [0.2, 0.25) is 0 Å². The van der Waals surface area contributed by atoms with Gasteiger partial charge in [-0.1, -0.05) is 24.8 Å². The Morgan fingerprint density at radius 1 is 1.31 bits per heavy atom. The standard InChI is InChI=1S/C22H26N2O8/c1-4-7-32-22(29)24-15-11-18(31-8-5-6-19(25)26)17(30-3)10-14(15)20(27)23-12-13(2)9-16(23)21(24)28/h4,10-11,16,21,28H,1-2,5-9,12H2,3H3,(H,25,26). The average molecular weight is 446 g/mol. The predicted molar refractivity (Wildman–Crippen MR) is 114 cm³/mol. The Hall–Kier alpha value is -3.53. The topological polar surface area (TPSA) is 126 Å². The molecule has 0 spiro atoms. The zero-order chi connectivity index (χ0) is 23.4. The second-order valence-electron chi connectivity index (χ2n) is 7.47. The van der Waals surface area contributed by atoms with Gasteiger partial charge in [-0.2, -0.15) is 0 Å². The van der Waals surface area contributed by atoms with Crippen LogP contribution in [0.4, 0.5) is 10.5 Å². The monoisotopic (exact) mass is 446 g/mol. The molecule has 2 unspecified atom stereocenters. The number of hydrogen-bond acceptors (Lipinski definition) is 7. The van der Waals surface area contributed by atoms with Crippen LogP contribution < -0.4 is 14.4 Å². The van der Waals surface area contributed by atoms with Crippen LogP contribution in [0.15, 0.2) is 36.9 Å². The summed E-state index contributed by atoms with van der Waals surface area (Å²) in [7, 11) is 1.40. The number of aliphatic hydroxyl groups excluding tert-OH is 1. The zero-order valence-corrected chi connectivity index (χ0v) is 17.8. The summed E-state index contributed by atoms with van der Waals surface area (Å²) in [4.78, 5) is 39.4. The molecule has 0 radical (unpaired) electrons. The summed E-state index contributed by atoms with van der Waals surface area (Å²) in [6.07, 6.45) is -0.339. The van der Waals surface area contributed by atoms with Crippen molar-refractivity contribution < 1.29 is 38.8 Å². The van der Waals surface area contributed by atoms with E-state index in [0.29, 0.717) is 6.42 Å². The minimum atomic E-state index is -1.38. The van der Waals surface area contributed by atoms with Gasteiger partial charge >= 0.3 is 12.1 Å². The molecule has 1 saturated heterocycles. The number of fused-ring (bicyclic) bond motifs is 2. The van der Waals surface area contributed by atoms with Crippen LogP contribution in [-0.2, 0) is 9.53 Å². The number of hydrogen-bond donors (Lipinski definition) is 2. The van der Waals surface area contributed by atoms with Crippen LogP contribution in [-0.4, -0.2) is 72.2 Å². The van der Waals surface area contributed by atoms with Crippen molar-refractivity contribution in [1.29, 1.82) is 0 Å². The number of carbonyl (C=O) groups is 3. The van der Waals surface area contributed by atoms with Gasteiger partial charge in [-0.15, -0.1) is 0 Å². The highest BCUT2D eigenvalue weighted by molar-refractivity contribution is 6.06. The minimum absolute atomic E-state index is 0.0768. The molecule has 172 valence electrons. The van der Waals surface area contributed by atoms with E-state index in [9.17, 15) is 19.5 Å². The molecule has 10 nitrogen and oxygen atoms in total. The highest BCUT2D eigenvalue weighted by atomic mass is 16.6. The third-order valence-electron chi connectivity index (χ3n) is 5.25. The molecule has 2 amide bonds. The lowest BCUT2D eigenvalue weighted by molar-refractivity contribution is -0.137. The molecule has 2 aliphatic rings. The Morgan fingerprint density at radius 3 is 2.72 bits per heavy atom. The zero-order valence-electron chi connectivity index (χ0n) is 17.8. The molecular formula is C22H26N2O8. The first-order chi connectivity index (χ1) is 15.3. The highest BCUT2D eigenvalue weighted by Gasteiger charge is 2.46. The van der Waals surface area contributed by atoms with E-state index in [1.165, 1.54) is 30.2 Å². The first kappa shape index (κ1) is 23.1. The van der Waals surface area contributed by atoms with Crippen LogP contribution in [0, 0.1) is 0 Å². The Kier molecular flexibility index (Phi) is 7.04. The second-order valence-corrected chi connectivity index (χ2v) is 7.47. The van der Waals surface area contributed by atoms with Crippen LogP contribution in [0.25, 0.3) is 0 Å². The maximum atomic E-state index is 13.3. The number of amides is 2. The van der Waals surface area contributed by atoms with Crippen molar-refractivity contribution in [3.05, 3.63) is 42.5 Å². The number of carbonyl (C=O) groups excluding carboxylic acids is 2. The largest absolute Gasteiger partial charge is 0.493 e. The van der Waals surface area contributed by atoms with Gasteiger partial charge in [0.05, 0.1) is 31.0 Å². The number of anilines is 1. The average Bonchev–Trinajstić information content (AvgIpc) is 3.13. The number of carboxylic acid groups (broad SMARTS) is 1. The third-order valence-corrected chi connectivity index (χ3v) is 5.25. The number of benzene rings is 1. The molecule has 3 rings (SSSR count). The van der Waals surface area contributed by atoms with Gasteiger partial charge in [0.15, 0.2) is 17.7 Å². The van der Waals surface area contributed by atoms with Crippen LogP contribution in [0.1, 0.15) is 29.6 Å². The van der Waals surface area contributed by atoms with Crippen molar-refractivity contribution in [2.75, 3.05) is 31.8 Å². The molecule has 1 aromatic rings. The summed E-state index contributed by atoms with van der Waals surface area (Å²) in [5.41, 5.74) is 0.993. The lowest BCUT2D eigenvalue weighted by Crippen LogP contribution is -2.50. The number of carboxylic acids is 1. The molecule has 2 N–H and O–H groups in total. The summed E-state index contributed by atoms with van der Waals surface area (Å²) in [5.74, 6) is -0.908. The van der Waals surface area contributed by atoms with Crippen molar-refractivity contribution in [1.82, 2.24) is 4.90 Å². The summed E-state index contributed by atoms with van der Waals surface area (Å²) >= 11 is 0.